The van der Waals surface area contributed by atoms with Crippen LogP contribution in [0.2, 0.25) is 0 Å². The molecule has 0 fully saturated rings. The monoisotopic (exact) mass is 306 g/mol. The lowest BCUT2D eigenvalue weighted by Gasteiger charge is -2.06. The molecule has 3 rings (SSSR count). The van der Waals surface area contributed by atoms with Crippen LogP contribution in [-0.4, -0.2) is 20.9 Å². The van der Waals surface area contributed by atoms with Gasteiger partial charge in [-0.25, -0.2) is 9.97 Å². The van der Waals surface area contributed by atoms with Crippen LogP contribution in [0.5, 0.6) is 0 Å². The molecule has 0 atom stereocenters. The first kappa shape index (κ1) is 14.6. The predicted octanol–water partition coefficient (Wildman–Crippen LogP) is 1.76. The standard InChI is InChI=1S/C17H14N4O2/c22-16-7-6-13(9-18-16)17(23)19-10-14-8-15(21-11-20-14)12-4-2-1-3-5-12/h1-9,11H,10H2,(H,18,22)(H,19,23). The normalized spacial score (nSPS) is 10.3. The zero-order chi connectivity index (χ0) is 16.1. The maximum atomic E-state index is 12.0. The summed E-state index contributed by atoms with van der Waals surface area (Å²) in [5.74, 6) is -0.277. The molecule has 0 saturated heterocycles. The van der Waals surface area contributed by atoms with Gasteiger partial charge in [-0.1, -0.05) is 30.3 Å². The van der Waals surface area contributed by atoms with Gasteiger partial charge in [0.05, 0.1) is 23.5 Å². The van der Waals surface area contributed by atoms with Crippen molar-refractivity contribution in [3.05, 3.63) is 82.7 Å². The molecular formula is C17H14N4O2. The highest BCUT2D eigenvalue weighted by molar-refractivity contribution is 5.93. The fourth-order valence-electron chi connectivity index (χ4n) is 2.09. The second-order valence-corrected chi connectivity index (χ2v) is 4.88. The van der Waals surface area contributed by atoms with E-state index in [-0.39, 0.29) is 18.0 Å². The lowest BCUT2D eigenvalue weighted by molar-refractivity contribution is 0.0950. The quantitative estimate of drug-likeness (QED) is 0.769. The molecule has 0 aliphatic heterocycles. The molecule has 1 amide bonds. The van der Waals surface area contributed by atoms with E-state index in [0.717, 1.165) is 11.3 Å². The van der Waals surface area contributed by atoms with Crippen molar-refractivity contribution < 1.29 is 4.79 Å². The van der Waals surface area contributed by atoms with Crippen LogP contribution in [0.15, 0.2) is 65.8 Å². The molecule has 6 heteroatoms. The third-order valence-corrected chi connectivity index (χ3v) is 3.27. The second kappa shape index (κ2) is 6.65. The molecule has 2 aromatic heterocycles. The number of aromatic nitrogens is 3. The van der Waals surface area contributed by atoms with Crippen molar-refractivity contribution in [3.63, 3.8) is 0 Å². The minimum Gasteiger partial charge on any atom is -0.346 e. The topological polar surface area (TPSA) is 87.7 Å². The van der Waals surface area contributed by atoms with Crippen LogP contribution in [0.3, 0.4) is 0 Å². The summed E-state index contributed by atoms with van der Waals surface area (Å²) in [6, 6.07) is 14.4. The molecule has 0 aliphatic rings. The summed E-state index contributed by atoms with van der Waals surface area (Å²) in [7, 11) is 0. The maximum Gasteiger partial charge on any atom is 0.253 e. The van der Waals surface area contributed by atoms with Gasteiger partial charge in [-0.3, -0.25) is 9.59 Å². The van der Waals surface area contributed by atoms with Gasteiger partial charge in [-0.15, -0.1) is 0 Å². The summed E-state index contributed by atoms with van der Waals surface area (Å²) >= 11 is 0. The summed E-state index contributed by atoms with van der Waals surface area (Å²) in [4.78, 5) is 33.9. The third kappa shape index (κ3) is 3.68. The number of carbonyl (C=O) groups excluding carboxylic acids is 1. The molecule has 114 valence electrons. The molecule has 3 aromatic rings. The van der Waals surface area contributed by atoms with E-state index in [0.29, 0.717) is 11.3 Å². The Labute approximate surface area is 132 Å². The highest BCUT2D eigenvalue weighted by Crippen LogP contribution is 2.15. The van der Waals surface area contributed by atoms with Crippen molar-refractivity contribution in [2.24, 2.45) is 0 Å². The minimum absolute atomic E-state index is 0.246. The molecule has 2 N–H and O–H groups in total. The zero-order valence-corrected chi connectivity index (χ0v) is 12.2. The number of H-pyrrole nitrogens is 1. The second-order valence-electron chi connectivity index (χ2n) is 4.88. The van der Waals surface area contributed by atoms with E-state index in [1.807, 2.05) is 36.4 Å². The van der Waals surface area contributed by atoms with Crippen LogP contribution < -0.4 is 10.9 Å². The highest BCUT2D eigenvalue weighted by atomic mass is 16.1. The van der Waals surface area contributed by atoms with E-state index in [1.54, 1.807) is 0 Å². The van der Waals surface area contributed by atoms with Crippen LogP contribution in [0, 0.1) is 0 Å². The van der Waals surface area contributed by atoms with Gasteiger partial charge >= 0.3 is 0 Å². The van der Waals surface area contributed by atoms with Gasteiger partial charge in [0.15, 0.2) is 0 Å². The maximum absolute atomic E-state index is 12.0. The molecule has 1 aromatic carbocycles. The Morgan fingerprint density at radius 2 is 1.91 bits per heavy atom. The van der Waals surface area contributed by atoms with Crippen LogP contribution in [0.25, 0.3) is 11.3 Å². The van der Waals surface area contributed by atoms with Crippen molar-refractivity contribution in [1.29, 1.82) is 0 Å². The van der Waals surface area contributed by atoms with Crippen molar-refractivity contribution in [2.45, 2.75) is 6.54 Å². The Hall–Kier alpha value is -3.28. The molecule has 0 spiro atoms. The third-order valence-electron chi connectivity index (χ3n) is 3.27. The largest absolute Gasteiger partial charge is 0.346 e. The van der Waals surface area contributed by atoms with E-state index < -0.39 is 0 Å². The first-order valence-electron chi connectivity index (χ1n) is 7.06. The van der Waals surface area contributed by atoms with Crippen LogP contribution >= 0.6 is 0 Å². The Morgan fingerprint density at radius 3 is 2.65 bits per heavy atom. The summed E-state index contributed by atoms with van der Waals surface area (Å²) in [6.07, 6.45) is 2.86. The first-order chi connectivity index (χ1) is 11.2. The predicted molar refractivity (Wildman–Crippen MR) is 85.7 cm³/mol. The van der Waals surface area contributed by atoms with E-state index in [2.05, 4.69) is 20.3 Å². The van der Waals surface area contributed by atoms with Crippen molar-refractivity contribution >= 4 is 5.91 Å². The molecule has 0 unspecified atom stereocenters. The number of pyridine rings is 1. The number of hydrogen-bond donors (Lipinski definition) is 2. The summed E-state index contributed by atoms with van der Waals surface area (Å²) < 4.78 is 0. The minimum atomic E-state index is -0.277. The number of nitrogens with zero attached hydrogens (tertiary/aromatic N) is 2. The molecule has 23 heavy (non-hydrogen) atoms. The van der Waals surface area contributed by atoms with Gasteiger partial charge in [-0.2, -0.15) is 0 Å². The molecule has 0 saturated carbocycles. The molecule has 0 radical (unpaired) electrons. The lowest BCUT2D eigenvalue weighted by Crippen LogP contribution is -2.24. The molecule has 0 aliphatic carbocycles. The molecular weight excluding hydrogens is 292 g/mol. The van der Waals surface area contributed by atoms with Gasteiger partial charge in [0, 0.05) is 17.8 Å². The van der Waals surface area contributed by atoms with Crippen LogP contribution in [0.4, 0.5) is 0 Å². The Morgan fingerprint density at radius 1 is 1.09 bits per heavy atom. The number of rotatable bonds is 4. The van der Waals surface area contributed by atoms with E-state index in [9.17, 15) is 9.59 Å². The number of amides is 1. The zero-order valence-electron chi connectivity index (χ0n) is 12.2. The number of benzene rings is 1. The van der Waals surface area contributed by atoms with Crippen molar-refractivity contribution in [2.75, 3.05) is 0 Å². The van der Waals surface area contributed by atoms with E-state index in [4.69, 9.17) is 0 Å². The number of nitrogens with one attached hydrogen (secondary N) is 2. The fraction of sp³-hybridized carbons (Fsp3) is 0.0588. The van der Waals surface area contributed by atoms with E-state index >= 15 is 0 Å². The summed E-state index contributed by atoms with van der Waals surface area (Å²) in [6.45, 7) is 0.278. The SMILES string of the molecule is O=C(NCc1cc(-c2ccccc2)ncn1)c1ccc(=O)[nH]c1. The molecule has 2 heterocycles. The lowest BCUT2D eigenvalue weighted by atomic mass is 10.1. The fourth-order valence-corrected chi connectivity index (χ4v) is 2.09. The number of hydrogen-bond acceptors (Lipinski definition) is 4. The van der Waals surface area contributed by atoms with Gasteiger partial charge in [0.2, 0.25) is 5.56 Å². The van der Waals surface area contributed by atoms with Crippen molar-refractivity contribution in [1.82, 2.24) is 20.3 Å². The molecule has 6 nitrogen and oxygen atoms in total. The van der Waals surface area contributed by atoms with E-state index in [1.165, 1.54) is 24.7 Å². The Bertz CT molecular complexity index is 855. The number of aromatic amines is 1. The van der Waals surface area contributed by atoms with Gasteiger partial charge < -0.3 is 10.3 Å². The summed E-state index contributed by atoms with van der Waals surface area (Å²) in [5.41, 5.74) is 2.64. The van der Waals surface area contributed by atoms with Gasteiger partial charge in [0.25, 0.3) is 5.91 Å². The van der Waals surface area contributed by atoms with Crippen LogP contribution in [-0.2, 0) is 6.54 Å². The average Bonchev–Trinajstić information content (AvgIpc) is 2.61. The number of carbonyl (C=O) groups is 1. The van der Waals surface area contributed by atoms with Gasteiger partial charge in [-0.05, 0) is 12.1 Å². The van der Waals surface area contributed by atoms with Crippen LogP contribution in [0.1, 0.15) is 16.1 Å². The van der Waals surface area contributed by atoms with Gasteiger partial charge in [0.1, 0.15) is 6.33 Å². The smallest absolute Gasteiger partial charge is 0.253 e. The Balaban J connectivity index is 1.70. The van der Waals surface area contributed by atoms with Crippen molar-refractivity contribution in [3.8, 4) is 11.3 Å². The molecule has 0 bridgehead atoms. The highest BCUT2D eigenvalue weighted by Gasteiger charge is 2.07. The first-order valence-corrected chi connectivity index (χ1v) is 7.06. The Kier molecular flexibility index (Phi) is 4.24. The summed E-state index contributed by atoms with van der Waals surface area (Å²) in [5, 5.41) is 2.76. The average molecular weight is 306 g/mol.